The fourth-order valence-electron chi connectivity index (χ4n) is 5.67. The molecule has 0 bridgehead atoms. The average Bonchev–Trinajstić information content (AvgIpc) is 3.38. The van der Waals surface area contributed by atoms with Crippen molar-refractivity contribution in [2.75, 3.05) is 6.61 Å². The number of halogens is 2. The van der Waals surface area contributed by atoms with Gasteiger partial charge in [0.15, 0.2) is 0 Å². The van der Waals surface area contributed by atoms with Crippen molar-refractivity contribution in [1.82, 2.24) is 19.4 Å². The summed E-state index contributed by atoms with van der Waals surface area (Å²) in [5.41, 5.74) is 0.622. The molecule has 0 radical (unpaired) electrons. The van der Waals surface area contributed by atoms with Crippen LogP contribution in [0.5, 0.6) is 0 Å². The molecule has 1 aromatic heterocycles. The first-order chi connectivity index (χ1) is 18.0. The lowest BCUT2D eigenvalue weighted by Crippen LogP contribution is -2.58. The van der Waals surface area contributed by atoms with Crippen LogP contribution in [0.15, 0.2) is 23.4 Å². The van der Waals surface area contributed by atoms with Crippen LogP contribution >= 0.6 is 0 Å². The van der Waals surface area contributed by atoms with E-state index in [0.717, 1.165) is 23.9 Å². The molecule has 1 saturated heterocycles. The maximum atomic E-state index is 14.9. The molecule has 1 amide bonds. The first-order valence-electron chi connectivity index (χ1n) is 13.2. The van der Waals surface area contributed by atoms with Gasteiger partial charge in [0.2, 0.25) is 15.0 Å². The largest absolute Gasteiger partial charge is 0.465 e. The number of amides is 1. The van der Waals surface area contributed by atoms with E-state index in [4.69, 9.17) is 4.74 Å². The number of hydrogen-bond acceptors (Lipinski definition) is 6. The van der Waals surface area contributed by atoms with Crippen LogP contribution in [0.3, 0.4) is 0 Å². The Bertz CT molecular complexity index is 1350. The minimum Gasteiger partial charge on any atom is -0.465 e. The summed E-state index contributed by atoms with van der Waals surface area (Å²) in [4.78, 5) is 20.4. The first-order valence-corrected chi connectivity index (χ1v) is 14.7. The summed E-state index contributed by atoms with van der Waals surface area (Å²) in [6.45, 7) is 13.3. The fourth-order valence-corrected chi connectivity index (χ4v) is 6.93. The highest BCUT2D eigenvalue weighted by atomic mass is 32.2. The monoisotopic (exact) mass is 568 g/mol. The summed E-state index contributed by atoms with van der Waals surface area (Å²) in [5, 5.41) is 9.64. The number of hydrogen-bond donors (Lipinski definition) is 1. The molecule has 4 rings (SSSR count). The maximum Gasteiger partial charge on any atom is 0.408 e. The summed E-state index contributed by atoms with van der Waals surface area (Å²) < 4.78 is 62.9. The van der Waals surface area contributed by atoms with E-state index in [9.17, 15) is 27.1 Å². The van der Waals surface area contributed by atoms with Crippen LogP contribution in [0, 0.1) is 11.6 Å². The second-order valence-corrected chi connectivity index (χ2v) is 14.3. The fraction of sp³-hybridized carbons (Fsp3) is 0.630. The van der Waals surface area contributed by atoms with Gasteiger partial charge in [0.05, 0.1) is 29.3 Å². The van der Waals surface area contributed by atoms with E-state index in [1.54, 1.807) is 39.2 Å². The lowest BCUT2D eigenvalue weighted by atomic mass is 9.88. The van der Waals surface area contributed by atoms with Crippen LogP contribution in [-0.2, 0) is 27.7 Å². The van der Waals surface area contributed by atoms with E-state index in [1.165, 1.54) is 4.90 Å². The molecule has 0 saturated carbocycles. The summed E-state index contributed by atoms with van der Waals surface area (Å²) in [7, 11) is -3.59. The molecule has 39 heavy (non-hydrogen) atoms. The van der Waals surface area contributed by atoms with Gasteiger partial charge in [0.25, 0.3) is 0 Å². The molecule has 2 aliphatic rings. The minimum absolute atomic E-state index is 0.0184. The van der Waals surface area contributed by atoms with Crippen LogP contribution in [0.1, 0.15) is 84.0 Å². The lowest BCUT2D eigenvalue weighted by Gasteiger charge is -2.48. The van der Waals surface area contributed by atoms with Crippen LogP contribution in [-0.4, -0.2) is 68.4 Å². The van der Waals surface area contributed by atoms with Gasteiger partial charge in [-0.3, -0.25) is 9.80 Å². The Balaban J connectivity index is 1.68. The van der Waals surface area contributed by atoms with Gasteiger partial charge in [-0.05, 0) is 73.1 Å². The van der Waals surface area contributed by atoms with E-state index in [-0.39, 0.29) is 29.4 Å². The van der Waals surface area contributed by atoms with E-state index in [0.29, 0.717) is 25.2 Å². The molecule has 9 nitrogen and oxygen atoms in total. The molecule has 3 atom stereocenters. The summed E-state index contributed by atoms with van der Waals surface area (Å²) in [6.07, 6.45) is -1.87. The van der Waals surface area contributed by atoms with E-state index >= 15 is 0 Å². The maximum absolute atomic E-state index is 14.9. The lowest BCUT2D eigenvalue weighted by molar-refractivity contribution is -0.103. The first kappa shape index (κ1) is 29.4. The molecule has 0 aliphatic carbocycles. The number of carbonyl (C=O) groups is 1. The van der Waals surface area contributed by atoms with E-state index in [1.807, 2.05) is 13.8 Å². The normalized spacial score (nSPS) is 22.5. The molecule has 216 valence electrons. The molecule has 12 heteroatoms. The Labute approximate surface area is 228 Å². The number of benzene rings is 1. The Morgan fingerprint density at radius 3 is 2.41 bits per heavy atom. The second kappa shape index (κ2) is 10.4. The molecular weight excluding hydrogens is 530 g/mol. The van der Waals surface area contributed by atoms with Gasteiger partial charge in [-0.2, -0.15) is 0 Å². The van der Waals surface area contributed by atoms with Crippen LogP contribution in [0.25, 0.3) is 0 Å². The van der Waals surface area contributed by atoms with Crippen LogP contribution < -0.4 is 0 Å². The van der Waals surface area contributed by atoms with E-state index < -0.39 is 50.5 Å². The molecule has 1 N–H and O–H groups in total. The van der Waals surface area contributed by atoms with Gasteiger partial charge in [-0.15, -0.1) is 0 Å². The van der Waals surface area contributed by atoms with Gasteiger partial charge in [-0.1, -0.05) is 0 Å². The van der Waals surface area contributed by atoms with Crippen molar-refractivity contribution in [1.29, 1.82) is 0 Å². The third kappa shape index (κ3) is 5.43. The summed E-state index contributed by atoms with van der Waals surface area (Å²) in [5.74, 6) is -1.29. The van der Waals surface area contributed by atoms with Crippen molar-refractivity contribution >= 4 is 15.9 Å². The van der Waals surface area contributed by atoms with Gasteiger partial charge >= 0.3 is 6.09 Å². The number of nitrogens with zero attached hydrogens (tertiary/aromatic N) is 4. The predicted molar refractivity (Wildman–Crippen MR) is 141 cm³/mol. The Morgan fingerprint density at radius 1 is 1.18 bits per heavy atom. The second-order valence-electron chi connectivity index (χ2n) is 12.0. The average molecular weight is 569 g/mol. The quantitative estimate of drug-likeness (QED) is 0.528. The van der Waals surface area contributed by atoms with Crippen molar-refractivity contribution in [2.45, 2.75) is 108 Å². The molecule has 0 unspecified atom stereocenters. The van der Waals surface area contributed by atoms with Crippen molar-refractivity contribution in [2.24, 2.45) is 0 Å². The zero-order chi connectivity index (χ0) is 29.0. The minimum atomic E-state index is -3.59. The standard InChI is InChI=1S/C27H38F2N4O5S/c1-15(2)32-23-13-31(12-21(23)30-25(32)39(36,37)16(3)4)18-11-22(33(26(34)35)27(5,6)7)24(38-14-18)19-10-17(28)8-9-20(19)29/h8-10,15-16,18,22,24H,11-14H2,1-7H3,(H,34,35)/t18-,22+,24-/m1/s1. The molecule has 0 spiro atoms. The number of imidazole rings is 1. The van der Waals surface area contributed by atoms with Gasteiger partial charge < -0.3 is 14.4 Å². The molecular formula is C27H38F2N4O5S. The number of carboxylic acid groups (broad SMARTS) is 1. The SMILES string of the molecule is CC(C)n1c(S(=O)(=O)C(C)C)nc2c1CN([C@H]1CO[C@H](c3cc(F)ccc3F)[C@@H](N(C(=O)O)C(C)(C)C)C1)C2. The molecule has 3 heterocycles. The molecule has 1 fully saturated rings. The van der Waals surface area contributed by atoms with Crippen molar-refractivity contribution in [3.63, 3.8) is 0 Å². The third-order valence-corrected chi connectivity index (χ3v) is 9.57. The number of rotatable bonds is 6. The smallest absolute Gasteiger partial charge is 0.408 e. The van der Waals surface area contributed by atoms with Crippen molar-refractivity contribution < 1.29 is 31.8 Å². The zero-order valence-corrected chi connectivity index (χ0v) is 24.3. The van der Waals surface area contributed by atoms with Crippen molar-refractivity contribution in [3.8, 4) is 0 Å². The highest BCUT2D eigenvalue weighted by Crippen LogP contribution is 2.40. The van der Waals surface area contributed by atoms with E-state index in [2.05, 4.69) is 9.88 Å². The van der Waals surface area contributed by atoms with Crippen LogP contribution in [0.2, 0.25) is 0 Å². The van der Waals surface area contributed by atoms with Crippen LogP contribution in [0.4, 0.5) is 13.6 Å². The Kier molecular flexibility index (Phi) is 7.87. The number of fused-ring (bicyclic) bond motifs is 1. The number of ether oxygens (including phenoxy) is 1. The van der Waals surface area contributed by atoms with Gasteiger partial charge in [0.1, 0.15) is 17.7 Å². The van der Waals surface area contributed by atoms with Gasteiger partial charge in [-0.25, -0.2) is 27.0 Å². The Hall–Kier alpha value is -2.57. The highest BCUT2D eigenvalue weighted by Gasteiger charge is 2.46. The molecule has 2 aliphatic heterocycles. The number of sulfone groups is 1. The number of aromatic nitrogens is 2. The summed E-state index contributed by atoms with van der Waals surface area (Å²) in [6, 6.07) is 1.92. The molecule has 2 aromatic rings. The molecule has 1 aromatic carbocycles. The van der Waals surface area contributed by atoms with Gasteiger partial charge in [0, 0.05) is 36.3 Å². The topological polar surface area (TPSA) is 105 Å². The van der Waals surface area contributed by atoms with Crippen molar-refractivity contribution in [3.05, 3.63) is 46.8 Å². The predicted octanol–water partition coefficient (Wildman–Crippen LogP) is 4.92. The third-order valence-electron chi connectivity index (χ3n) is 7.53. The summed E-state index contributed by atoms with van der Waals surface area (Å²) >= 11 is 0. The Morgan fingerprint density at radius 2 is 1.85 bits per heavy atom. The zero-order valence-electron chi connectivity index (χ0n) is 23.5. The highest BCUT2D eigenvalue weighted by molar-refractivity contribution is 7.91.